The second kappa shape index (κ2) is 9.75. The van der Waals surface area contributed by atoms with Gasteiger partial charge in [0.15, 0.2) is 0 Å². The molecule has 0 spiro atoms. The van der Waals surface area contributed by atoms with Crippen LogP contribution in [0.15, 0.2) is 78.9 Å². The summed E-state index contributed by atoms with van der Waals surface area (Å²) in [6.07, 6.45) is 0.932. The Morgan fingerprint density at radius 2 is 1.65 bits per heavy atom. The van der Waals surface area contributed by atoms with Crippen LogP contribution in [0.1, 0.15) is 41.7 Å². The lowest BCUT2D eigenvalue weighted by molar-refractivity contribution is -0.134. The minimum Gasteiger partial charge on any atom is -0.497 e. The summed E-state index contributed by atoms with van der Waals surface area (Å²) in [6, 6.07) is 23.7. The van der Waals surface area contributed by atoms with Crippen molar-refractivity contribution in [2.75, 3.05) is 13.7 Å². The van der Waals surface area contributed by atoms with Gasteiger partial charge in [0.05, 0.1) is 19.8 Å². The fourth-order valence-corrected chi connectivity index (χ4v) is 4.06. The Morgan fingerprint density at radius 1 is 0.935 bits per heavy atom. The summed E-state index contributed by atoms with van der Waals surface area (Å²) < 4.78 is 25.3. The highest BCUT2D eigenvalue weighted by molar-refractivity contribution is 5.78. The fraction of sp³-hybridized carbons (Fsp3) is 0.269. The third-order valence-corrected chi connectivity index (χ3v) is 5.66. The number of amides is 1. The van der Waals surface area contributed by atoms with Crippen molar-refractivity contribution in [2.24, 2.45) is 0 Å². The Balaban J connectivity index is 1.69. The van der Waals surface area contributed by atoms with Gasteiger partial charge in [-0.3, -0.25) is 4.79 Å². The summed E-state index contributed by atoms with van der Waals surface area (Å²) in [6.45, 7) is 1.04. The van der Waals surface area contributed by atoms with Crippen molar-refractivity contribution in [3.05, 3.63) is 101 Å². The maximum atomic E-state index is 13.6. The highest BCUT2D eigenvalue weighted by Gasteiger charge is 2.36. The molecule has 0 radical (unpaired) electrons. The molecule has 4 rings (SSSR count). The van der Waals surface area contributed by atoms with Crippen molar-refractivity contribution in [3.8, 4) is 5.75 Å². The first-order valence-corrected chi connectivity index (χ1v) is 10.5. The summed E-state index contributed by atoms with van der Waals surface area (Å²) in [4.78, 5) is 14.6. The maximum Gasteiger partial charge on any atom is 0.223 e. The number of carbonyl (C=O) groups excluding carboxylic acids is 1. The van der Waals surface area contributed by atoms with E-state index in [-0.39, 0.29) is 17.8 Å². The largest absolute Gasteiger partial charge is 0.497 e. The van der Waals surface area contributed by atoms with Crippen LogP contribution in [-0.4, -0.2) is 24.5 Å². The standard InChI is InChI=1S/C26H26FNO3/c1-30-23-15-9-19(10-16-23)18-31-26(21-11-13-22(27)14-12-21)25(20-6-3-2-4-7-20)28-17-5-8-24(28)29/h2-4,6-7,9-16,25-26H,5,8,17-18H2,1H3/t25-,26-/m0/s1. The molecule has 0 N–H and O–H groups in total. The molecule has 5 heteroatoms. The molecule has 0 saturated carbocycles. The number of nitrogens with zero attached hydrogens (tertiary/aromatic N) is 1. The van der Waals surface area contributed by atoms with Crippen LogP contribution in [0.5, 0.6) is 5.75 Å². The Kier molecular flexibility index (Phi) is 6.63. The summed E-state index contributed by atoms with van der Waals surface area (Å²) in [5, 5.41) is 0. The van der Waals surface area contributed by atoms with Gasteiger partial charge in [0.2, 0.25) is 5.91 Å². The number of benzene rings is 3. The molecule has 3 aromatic rings. The molecule has 3 aromatic carbocycles. The van der Waals surface area contributed by atoms with Crippen molar-refractivity contribution >= 4 is 5.91 Å². The van der Waals surface area contributed by atoms with Crippen LogP contribution in [-0.2, 0) is 16.1 Å². The lowest BCUT2D eigenvalue weighted by Crippen LogP contribution is -2.35. The van der Waals surface area contributed by atoms with Crippen LogP contribution in [0.4, 0.5) is 4.39 Å². The van der Waals surface area contributed by atoms with E-state index in [1.165, 1.54) is 12.1 Å². The molecule has 1 aliphatic heterocycles. The lowest BCUT2D eigenvalue weighted by atomic mass is 9.94. The van der Waals surface area contributed by atoms with Gasteiger partial charge in [0.1, 0.15) is 17.7 Å². The van der Waals surface area contributed by atoms with E-state index in [0.717, 1.165) is 28.9 Å². The highest BCUT2D eigenvalue weighted by Crippen LogP contribution is 2.39. The fourth-order valence-electron chi connectivity index (χ4n) is 4.06. The number of carbonyl (C=O) groups is 1. The number of hydrogen-bond donors (Lipinski definition) is 0. The van der Waals surface area contributed by atoms with Crippen LogP contribution >= 0.6 is 0 Å². The molecular formula is C26H26FNO3. The van der Waals surface area contributed by atoms with E-state index < -0.39 is 6.10 Å². The molecule has 1 heterocycles. The predicted molar refractivity (Wildman–Crippen MR) is 117 cm³/mol. The van der Waals surface area contributed by atoms with Gasteiger partial charge in [0, 0.05) is 13.0 Å². The lowest BCUT2D eigenvalue weighted by Gasteiger charge is -2.35. The third kappa shape index (κ3) is 4.94. The molecule has 0 bridgehead atoms. The van der Waals surface area contributed by atoms with Gasteiger partial charge in [-0.1, -0.05) is 54.6 Å². The second-order valence-electron chi connectivity index (χ2n) is 7.68. The van der Waals surface area contributed by atoms with Crippen molar-refractivity contribution in [1.29, 1.82) is 0 Å². The molecule has 2 atom stereocenters. The monoisotopic (exact) mass is 419 g/mol. The van der Waals surface area contributed by atoms with Gasteiger partial charge in [-0.15, -0.1) is 0 Å². The summed E-state index contributed by atoms with van der Waals surface area (Å²) >= 11 is 0. The molecule has 31 heavy (non-hydrogen) atoms. The minimum absolute atomic E-state index is 0.119. The molecule has 1 amide bonds. The molecule has 1 saturated heterocycles. The van der Waals surface area contributed by atoms with E-state index >= 15 is 0 Å². The molecule has 1 fully saturated rings. The minimum atomic E-state index is -0.438. The van der Waals surface area contributed by atoms with E-state index in [9.17, 15) is 9.18 Å². The maximum absolute atomic E-state index is 13.6. The second-order valence-corrected chi connectivity index (χ2v) is 7.68. The van der Waals surface area contributed by atoms with Crippen molar-refractivity contribution < 1.29 is 18.7 Å². The number of hydrogen-bond acceptors (Lipinski definition) is 3. The smallest absolute Gasteiger partial charge is 0.223 e. The summed E-state index contributed by atoms with van der Waals surface area (Å²) in [5.41, 5.74) is 2.83. The van der Waals surface area contributed by atoms with Gasteiger partial charge in [-0.2, -0.15) is 0 Å². The average Bonchev–Trinajstić information content (AvgIpc) is 3.23. The first-order chi connectivity index (χ1) is 15.2. The van der Waals surface area contributed by atoms with Gasteiger partial charge in [-0.05, 0) is 47.4 Å². The van der Waals surface area contributed by atoms with Crippen LogP contribution in [0.2, 0.25) is 0 Å². The molecular weight excluding hydrogens is 393 g/mol. The molecule has 0 unspecified atom stereocenters. The third-order valence-electron chi connectivity index (χ3n) is 5.66. The van der Waals surface area contributed by atoms with Crippen molar-refractivity contribution in [3.63, 3.8) is 0 Å². The Morgan fingerprint density at radius 3 is 2.26 bits per heavy atom. The quantitative estimate of drug-likeness (QED) is 0.487. The van der Waals surface area contributed by atoms with Crippen LogP contribution in [0, 0.1) is 5.82 Å². The number of likely N-dealkylation sites (tertiary alicyclic amines) is 1. The number of methoxy groups -OCH3 is 1. The first-order valence-electron chi connectivity index (χ1n) is 10.5. The van der Waals surface area contributed by atoms with Crippen LogP contribution < -0.4 is 4.74 Å². The predicted octanol–water partition coefficient (Wildman–Crippen LogP) is 5.46. The average molecular weight is 419 g/mol. The Labute approximate surface area is 182 Å². The molecule has 1 aliphatic rings. The molecule has 0 aromatic heterocycles. The first kappa shape index (κ1) is 21.1. The van der Waals surface area contributed by atoms with Gasteiger partial charge in [-0.25, -0.2) is 4.39 Å². The SMILES string of the molecule is COc1ccc(CO[C@@H](c2ccc(F)cc2)[C@H](c2ccccc2)N2CCCC2=O)cc1. The van der Waals surface area contributed by atoms with E-state index in [1.54, 1.807) is 19.2 Å². The van der Waals surface area contributed by atoms with E-state index in [1.807, 2.05) is 59.5 Å². The van der Waals surface area contributed by atoms with E-state index in [2.05, 4.69) is 0 Å². The number of rotatable bonds is 8. The molecule has 4 nitrogen and oxygen atoms in total. The molecule has 0 aliphatic carbocycles. The van der Waals surface area contributed by atoms with Gasteiger partial charge >= 0.3 is 0 Å². The van der Waals surface area contributed by atoms with Crippen LogP contribution in [0.3, 0.4) is 0 Å². The number of ether oxygens (including phenoxy) is 2. The van der Waals surface area contributed by atoms with E-state index in [0.29, 0.717) is 19.6 Å². The zero-order valence-electron chi connectivity index (χ0n) is 17.5. The Hall–Kier alpha value is -3.18. The van der Waals surface area contributed by atoms with Crippen LogP contribution in [0.25, 0.3) is 0 Å². The number of halogens is 1. The normalized spacial score (nSPS) is 15.7. The Bertz CT molecular complexity index is 989. The summed E-state index contributed by atoms with van der Waals surface area (Å²) in [7, 11) is 1.63. The zero-order chi connectivity index (χ0) is 21.6. The van der Waals surface area contributed by atoms with Crippen molar-refractivity contribution in [2.45, 2.75) is 31.6 Å². The molecule has 160 valence electrons. The highest BCUT2D eigenvalue weighted by atomic mass is 19.1. The van der Waals surface area contributed by atoms with Gasteiger partial charge in [0.25, 0.3) is 0 Å². The zero-order valence-corrected chi connectivity index (χ0v) is 17.5. The summed E-state index contributed by atoms with van der Waals surface area (Å²) in [5.74, 6) is 0.601. The van der Waals surface area contributed by atoms with Crippen molar-refractivity contribution in [1.82, 2.24) is 4.90 Å². The van der Waals surface area contributed by atoms with E-state index in [4.69, 9.17) is 9.47 Å². The van der Waals surface area contributed by atoms with Gasteiger partial charge < -0.3 is 14.4 Å². The topological polar surface area (TPSA) is 38.8 Å².